The first-order valence-corrected chi connectivity index (χ1v) is 7.50. The molecule has 2 atom stereocenters. The van der Waals surface area contributed by atoms with E-state index >= 15 is 0 Å². The van der Waals surface area contributed by atoms with Crippen molar-refractivity contribution in [2.45, 2.75) is 32.4 Å². The van der Waals surface area contributed by atoms with Crippen LogP contribution in [0.25, 0.3) is 0 Å². The van der Waals surface area contributed by atoms with Crippen molar-refractivity contribution in [3.8, 4) is 5.75 Å². The Balaban J connectivity index is 1.85. The van der Waals surface area contributed by atoms with E-state index in [4.69, 9.17) is 4.74 Å². The van der Waals surface area contributed by atoms with E-state index < -0.39 is 17.7 Å². The van der Waals surface area contributed by atoms with Crippen LogP contribution in [0.4, 0.5) is 14.5 Å². The molecule has 0 aliphatic carbocycles. The molecule has 1 aliphatic heterocycles. The maximum atomic E-state index is 13.9. The Hall–Kier alpha value is -2.43. The number of fused-ring (bicyclic) bond motifs is 1. The fourth-order valence-electron chi connectivity index (χ4n) is 2.91. The number of carbonyl (C=O) groups is 1. The average molecular weight is 317 g/mol. The molecule has 0 fully saturated rings. The molecule has 1 heterocycles. The Kier molecular flexibility index (Phi) is 4.03. The van der Waals surface area contributed by atoms with E-state index in [1.54, 1.807) is 19.1 Å². The van der Waals surface area contributed by atoms with Gasteiger partial charge in [0.1, 0.15) is 5.75 Å². The van der Waals surface area contributed by atoms with Gasteiger partial charge in [0.15, 0.2) is 17.7 Å². The van der Waals surface area contributed by atoms with E-state index in [2.05, 4.69) is 0 Å². The van der Waals surface area contributed by atoms with Crippen LogP contribution >= 0.6 is 0 Å². The number of hydrogen-bond acceptors (Lipinski definition) is 2. The molecule has 0 aromatic heterocycles. The first-order valence-electron chi connectivity index (χ1n) is 7.50. The highest BCUT2D eigenvalue weighted by atomic mass is 19.2. The Morgan fingerprint density at radius 2 is 1.91 bits per heavy atom. The lowest BCUT2D eigenvalue weighted by Crippen LogP contribution is -2.43. The van der Waals surface area contributed by atoms with Crippen molar-refractivity contribution < 1.29 is 18.3 Å². The van der Waals surface area contributed by atoms with Crippen LogP contribution in [0.2, 0.25) is 0 Å². The number of hydrogen-bond donors (Lipinski definition) is 0. The molecule has 5 heteroatoms. The van der Waals surface area contributed by atoms with Gasteiger partial charge in [-0.15, -0.1) is 0 Å². The van der Waals surface area contributed by atoms with Gasteiger partial charge in [-0.3, -0.25) is 4.79 Å². The second-order valence-corrected chi connectivity index (χ2v) is 5.69. The molecule has 1 amide bonds. The predicted molar refractivity (Wildman–Crippen MR) is 83.5 cm³/mol. The monoisotopic (exact) mass is 317 g/mol. The van der Waals surface area contributed by atoms with Gasteiger partial charge in [0.05, 0.1) is 5.69 Å². The lowest BCUT2D eigenvalue weighted by molar-refractivity contribution is -0.124. The van der Waals surface area contributed by atoms with Crippen LogP contribution in [0.1, 0.15) is 19.4 Å². The molecule has 0 N–H and O–H groups in total. The SMILES string of the molecule is CC1Cc2c(ccc(F)c2F)N1C(=O)[C@@H](C)Oc1ccccc1. The largest absolute Gasteiger partial charge is 0.481 e. The quantitative estimate of drug-likeness (QED) is 0.864. The highest BCUT2D eigenvalue weighted by Gasteiger charge is 2.36. The number of ether oxygens (including phenoxy) is 1. The Morgan fingerprint density at radius 3 is 2.61 bits per heavy atom. The maximum absolute atomic E-state index is 13.9. The van der Waals surface area contributed by atoms with Crippen molar-refractivity contribution in [2.75, 3.05) is 4.90 Å². The van der Waals surface area contributed by atoms with Crippen LogP contribution in [-0.4, -0.2) is 18.1 Å². The number of rotatable bonds is 3. The van der Waals surface area contributed by atoms with Gasteiger partial charge in [0.2, 0.25) is 0 Å². The standard InChI is InChI=1S/C18H17F2NO2/c1-11-10-14-16(9-8-15(19)17(14)20)21(11)18(22)12(2)23-13-6-4-3-5-7-13/h3-9,11-12H,10H2,1-2H3/t11?,12-/m1/s1. The first-order chi connectivity index (χ1) is 11.0. The van der Waals surface area contributed by atoms with Crippen molar-refractivity contribution in [3.05, 3.63) is 59.7 Å². The van der Waals surface area contributed by atoms with Crippen LogP contribution in [0, 0.1) is 11.6 Å². The lowest BCUT2D eigenvalue weighted by atomic mass is 10.1. The molecule has 1 unspecified atom stereocenters. The van der Waals surface area contributed by atoms with E-state index in [-0.39, 0.29) is 17.5 Å². The van der Waals surface area contributed by atoms with Gasteiger partial charge in [-0.1, -0.05) is 18.2 Å². The zero-order chi connectivity index (χ0) is 16.6. The topological polar surface area (TPSA) is 29.5 Å². The van der Waals surface area contributed by atoms with Gasteiger partial charge in [-0.25, -0.2) is 8.78 Å². The van der Waals surface area contributed by atoms with E-state index in [1.807, 2.05) is 25.1 Å². The molecule has 3 rings (SSSR count). The molecule has 0 saturated carbocycles. The molecule has 0 saturated heterocycles. The van der Waals surface area contributed by atoms with E-state index in [0.29, 0.717) is 17.9 Å². The highest BCUT2D eigenvalue weighted by Crippen LogP contribution is 2.35. The van der Waals surface area contributed by atoms with E-state index in [9.17, 15) is 13.6 Å². The lowest BCUT2D eigenvalue weighted by Gasteiger charge is -2.26. The molecule has 23 heavy (non-hydrogen) atoms. The Bertz CT molecular complexity index is 733. The normalized spacial score (nSPS) is 17.7. The molecule has 0 bridgehead atoms. The van der Waals surface area contributed by atoms with Crippen molar-refractivity contribution in [1.29, 1.82) is 0 Å². The Morgan fingerprint density at radius 1 is 1.22 bits per heavy atom. The number of amides is 1. The summed E-state index contributed by atoms with van der Waals surface area (Å²) in [6.07, 6.45) is -0.429. The van der Waals surface area contributed by atoms with Crippen LogP contribution < -0.4 is 9.64 Å². The molecule has 120 valence electrons. The van der Waals surface area contributed by atoms with Gasteiger partial charge in [-0.05, 0) is 44.5 Å². The second kappa shape index (κ2) is 5.99. The zero-order valence-electron chi connectivity index (χ0n) is 12.9. The molecule has 0 spiro atoms. The summed E-state index contributed by atoms with van der Waals surface area (Å²) in [6.45, 7) is 3.46. The van der Waals surface area contributed by atoms with Gasteiger partial charge in [0.25, 0.3) is 5.91 Å². The number of halogens is 2. The van der Waals surface area contributed by atoms with E-state index in [1.165, 1.54) is 11.0 Å². The fraction of sp³-hybridized carbons (Fsp3) is 0.278. The summed E-state index contributed by atoms with van der Waals surface area (Å²) in [6, 6.07) is 11.3. The summed E-state index contributed by atoms with van der Waals surface area (Å²) in [5, 5.41) is 0. The predicted octanol–water partition coefficient (Wildman–Crippen LogP) is 3.71. The van der Waals surface area contributed by atoms with Crippen molar-refractivity contribution in [1.82, 2.24) is 0 Å². The van der Waals surface area contributed by atoms with Gasteiger partial charge in [0, 0.05) is 11.6 Å². The number of para-hydroxylation sites is 1. The summed E-state index contributed by atoms with van der Waals surface area (Å²) in [5.41, 5.74) is 0.669. The van der Waals surface area contributed by atoms with Crippen molar-refractivity contribution >= 4 is 11.6 Å². The molecular weight excluding hydrogens is 300 g/mol. The van der Waals surface area contributed by atoms with Gasteiger partial charge >= 0.3 is 0 Å². The summed E-state index contributed by atoms with van der Waals surface area (Å²) in [5.74, 6) is -1.45. The van der Waals surface area contributed by atoms with Crippen LogP contribution in [0.15, 0.2) is 42.5 Å². The fourth-order valence-corrected chi connectivity index (χ4v) is 2.91. The third-order valence-corrected chi connectivity index (χ3v) is 4.01. The molecule has 2 aromatic carbocycles. The summed E-state index contributed by atoms with van der Waals surface area (Å²) < 4.78 is 32.9. The number of carbonyl (C=O) groups excluding carboxylic acids is 1. The summed E-state index contributed by atoms with van der Waals surface area (Å²) in [4.78, 5) is 14.2. The number of benzene rings is 2. The molecular formula is C18H17F2NO2. The summed E-state index contributed by atoms with van der Waals surface area (Å²) >= 11 is 0. The van der Waals surface area contributed by atoms with Crippen molar-refractivity contribution in [2.24, 2.45) is 0 Å². The Labute approximate surface area is 133 Å². The third-order valence-electron chi connectivity index (χ3n) is 4.01. The third kappa shape index (κ3) is 2.79. The molecule has 2 aromatic rings. The maximum Gasteiger partial charge on any atom is 0.268 e. The minimum absolute atomic E-state index is 0.240. The average Bonchev–Trinajstić information content (AvgIpc) is 2.88. The number of nitrogens with zero attached hydrogens (tertiary/aromatic N) is 1. The minimum atomic E-state index is -0.890. The first kappa shape index (κ1) is 15.5. The van der Waals surface area contributed by atoms with E-state index in [0.717, 1.165) is 6.07 Å². The van der Waals surface area contributed by atoms with Crippen LogP contribution in [0.5, 0.6) is 5.75 Å². The van der Waals surface area contributed by atoms with Crippen LogP contribution in [-0.2, 0) is 11.2 Å². The smallest absolute Gasteiger partial charge is 0.268 e. The van der Waals surface area contributed by atoms with Gasteiger partial charge in [-0.2, -0.15) is 0 Å². The molecule has 0 radical (unpaired) electrons. The highest BCUT2D eigenvalue weighted by molar-refractivity contribution is 5.99. The van der Waals surface area contributed by atoms with Gasteiger partial charge < -0.3 is 9.64 Å². The summed E-state index contributed by atoms with van der Waals surface area (Å²) in [7, 11) is 0. The second-order valence-electron chi connectivity index (χ2n) is 5.69. The number of anilines is 1. The molecule has 1 aliphatic rings. The molecule has 3 nitrogen and oxygen atoms in total. The minimum Gasteiger partial charge on any atom is -0.481 e. The zero-order valence-corrected chi connectivity index (χ0v) is 12.9. The van der Waals surface area contributed by atoms with Crippen LogP contribution in [0.3, 0.4) is 0 Å². The van der Waals surface area contributed by atoms with Crippen molar-refractivity contribution in [3.63, 3.8) is 0 Å².